The van der Waals surface area contributed by atoms with Gasteiger partial charge in [-0.05, 0) is 76.5 Å². The molecule has 0 radical (unpaired) electrons. The Hall–Kier alpha value is -2.34. The van der Waals surface area contributed by atoms with Crippen molar-refractivity contribution in [3.63, 3.8) is 0 Å². The highest BCUT2D eigenvalue weighted by Gasteiger charge is 2.38. The lowest BCUT2D eigenvalue weighted by molar-refractivity contribution is 0.880. The van der Waals surface area contributed by atoms with Crippen molar-refractivity contribution in [2.75, 3.05) is 0 Å². The minimum Gasteiger partial charge on any atom is -0.0766 e. The van der Waals surface area contributed by atoms with E-state index in [-0.39, 0.29) is 0 Å². The molecule has 0 saturated carbocycles. The number of aryl methyl sites for hydroxylation is 1. The molecule has 1 aromatic carbocycles. The minimum atomic E-state index is 0.413. The van der Waals surface area contributed by atoms with Crippen LogP contribution in [0.15, 0.2) is 70.9 Å². The predicted molar refractivity (Wildman–Crippen MR) is 103 cm³/mol. The maximum Gasteiger partial charge on any atom is 0.0357 e. The fourth-order valence-corrected chi connectivity index (χ4v) is 5.04. The second-order valence-electron chi connectivity index (χ2n) is 7.57. The van der Waals surface area contributed by atoms with Crippen molar-refractivity contribution >= 4 is 11.1 Å². The summed E-state index contributed by atoms with van der Waals surface area (Å²) in [4.78, 5) is 0. The number of hydrogen-bond donors (Lipinski definition) is 0. The van der Waals surface area contributed by atoms with Crippen molar-refractivity contribution in [2.45, 2.75) is 33.6 Å². The summed E-state index contributed by atoms with van der Waals surface area (Å²) < 4.78 is 0. The molecule has 0 N–H and O–H groups in total. The van der Waals surface area contributed by atoms with Crippen LogP contribution in [0.1, 0.15) is 48.9 Å². The van der Waals surface area contributed by atoms with E-state index in [1.807, 2.05) is 0 Å². The fraction of sp³-hybridized carbons (Fsp3) is 0.250. The van der Waals surface area contributed by atoms with Crippen LogP contribution in [0.4, 0.5) is 0 Å². The van der Waals surface area contributed by atoms with Gasteiger partial charge in [-0.15, -0.1) is 0 Å². The van der Waals surface area contributed by atoms with Gasteiger partial charge in [0.2, 0.25) is 0 Å². The van der Waals surface area contributed by atoms with Gasteiger partial charge in [-0.25, -0.2) is 0 Å². The Balaban J connectivity index is 1.94. The second kappa shape index (κ2) is 4.60. The molecule has 0 fully saturated rings. The molecule has 0 spiro atoms. The topological polar surface area (TPSA) is 0 Å². The summed E-state index contributed by atoms with van der Waals surface area (Å²) >= 11 is 0. The number of fused-ring (bicyclic) bond motifs is 1. The summed E-state index contributed by atoms with van der Waals surface area (Å²) in [5.74, 6) is 0.905. The molecule has 2 atom stereocenters. The largest absolute Gasteiger partial charge is 0.0766 e. The molecule has 118 valence electrons. The van der Waals surface area contributed by atoms with Gasteiger partial charge >= 0.3 is 0 Å². The van der Waals surface area contributed by atoms with Gasteiger partial charge in [0.1, 0.15) is 0 Å². The number of hydrogen-bond acceptors (Lipinski definition) is 0. The molecule has 0 amide bonds. The SMILES string of the molecule is CC1=CC=C2c3ccc(C)c4c3C(=C3C=CC(C)=C1C23)C=C[C@@H]4C. The summed E-state index contributed by atoms with van der Waals surface area (Å²) in [5, 5.41) is 0. The molecule has 1 unspecified atom stereocenters. The fourth-order valence-electron chi connectivity index (χ4n) is 5.04. The highest BCUT2D eigenvalue weighted by Crippen LogP contribution is 2.54. The molecule has 24 heavy (non-hydrogen) atoms. The average Bonchev–Trinajstić information content (AvgIpc) is 2.57. The summed E-state index contributed by atoms with van der Waals surface area (Å²) in [6, 6.07) is 4.66. The molecular weight excluding hydrogens is 288 g/mol. The van der Waals surface area contributed by atoms with Gasteiger partial charge in [0.15, 0.2) is 0 Å². The molecule has 4 aliphatic carbocycles. The Morgan fingerprint density at radius 3 is 2.58 bits per heavy atom. The van der Waals surface area contributed by atoms with Crippen LogP contribution in [-0.2, 0) is 0 Å². The number of allylic oxidation sites excluding steroid dienone is 12. The molecule has 5 rings (SSSR count). The van der Waals surface area contributed by atoms with Crippen molar-refractivity contribution in [1.29, 1.82) is 0 Å². The Bertz CT molecular complexity index is 983. The van der Waals surface area contributed by atoms with Crippen LogP contribution < -0.4 is 0 Å². The predicted octanol–water partition coefficient (Wildman–Crippen LogP) is 6.28. The maximum atomic E-state index is 2.38. The molecule has 4 aliphatic rings. The molecule has 0 heteroatoms. The minimum absolute atomic E-state index is 0.413. The third-order valence-corrected chi connectivity index (χ3v) is 6.15. The van der Waals surface area contributed by atoms with E-state index in [0.717, 1.165) is 0 Å². The van der Waals surface area contributed by atoms with E-state index in [9.17, 15) is 0 Å². The number of benzene rings is 1. The zero-order chi connectivity index (χ0) is 16.6. The Morgan fingerprint density at radius 2 is 1.75 bits per heavy atom. The lowest BCUT2D eigenvalue weighted by Crippen LogP contribution is -2.24. The Morgan fingerprint density at radius 1 is 0.917 bits per heavy atom. The molecular formula is C24H22. The lowest BCUT2D eigenvalue weighted by Gasteiger charge is -2.40. The highest BCUT2D eigenvalue weighted by molar-refractivity contribution is 5.99. The van der Waals surface area contributed by atoms with E-state index in [1.165, 1.54) is 55.7 Å². The molecule has 0 heterocycles. The first kappa shape index (κ1) is 14.0. The van der Waals surface area contributed by atoms with Crippen LogP contribution in [0.3, 0.4) is 0 Å². The van der Waals surface area contributed by atoms with E-state index >= 15 is 0 Å². The summed E-state index contributed by atoms with van der Waals surface area (Å²) in [6.07, 6.45) is 14.1. The van der Waals surface area contributed by atoms with Crippen LogP contribution in [-0.4, -0.2) is 0 Å². The van der Waals surface area contributed by atoms with E-state index in [1.54, 1.807) is 0 Å². The smallest absolute Gasteiger partial charge is 0.0357 e. The molecule has 0 saturated heterocycles. The van der Waals surface area contributed by atoms with Crippen LogP contribution in [0.25, 0.3) is 11.1 Å². The van der Waals surface area contributed by atoms with Crippen molar-refractivity contribution in [1.82, 2.24) is 0 Å². The van der Waals surface area contributed by atoms with Crippen LogP contribution in [0.5, 0.6) is 0 Å². The third kappa shape index (κ3) is 1.59. The monoisotopic (exact) mass is 310 g/mol. The first-order valence-electron chi connectivity index (χ1n) is 8.92. The van der Waals surface area contributed by atoms with Gasteiger partial charge in [0, 0.05) is 11.8 Å². The van der Waals surface area contributed by atoms with E-state index in [2.05, 4.69) is 76.3 Å². The number of rotatable bonds is 0. The first-order valence-corrected chi connectivity index (χ1v) is 8.92. The van der Waals surface area contributed by atoms with Crippen molar-refractivity contribution in [3.05, 3.63) is 93.1 Å². The van der Waals surface area contributed by atoms with Crippen molar-refractivity contribution < 1.29 is 0 Å². The van der Waals surface area contributed by atoms with Crippen LogP contribution >= 0.6 is 0 Å². The van der Waals surface area contributed by atoms with Gasteiger partial charge in [0.05, 0.1) is 0 Å². The van der Waals surface area contributed by atoms with Gasteiger partial charge in [-0.3, -0.25) is 0 Å². The van der Waals surface area contributed by atoms with Crippen molar-refractivity contribution in [3.8, 4) is 0 Å². The molecule has 0 nitrogen and oxygen atoms in total. The summed E-state index contributed by atoms with van der Waals surface area (Å²) in [7, 11) is 0. The Kier molecular flexibility index (Phi) is 2.69. The molecule has 0 aromatic heterocycles. The quantitative estimate of drug-likeness (QED) is 0.529. The second-order valence-corrected chi connectivity index (χ2v) is 7.57. The van der Waals surface area contributed by atoms with Crippen molar-refractivity contribution in [2.24, 2.45) is 5.92 Å². The normalized spacial score (nSPS) is 26.2. The molecule has 1 aromatic rings. The molecule has 0 aliphatic heterocycles. The first-order chi connectivity index (χ1) is 11.6. The zero-order valence-electron chi connectivity index (χ0n) is 14.8. The van der Waals surface area contributed by atoms with E-state index < -0.39 is 0 Å². The average molecular weight is 310 g/mol. The maximum absolute atomic E-state index is 2.38. The van der Waals surface area contributed by atoms with Crippen LogP contribution in [0.2, 0.25) is 0 Å². The molecule has 0 bridgehead atoms. The summed E-state index contributed by atoms with van der Waals surface area (Å²) in [5.41, 5.74) is 14.6. The standard InChI is InChI=1S/C24H22/c1-13-5-9-17-19-11-7-15(3)22-16(4)8-12-20(24(19)22)18-10-6-14(2)21(13)23(17)18/h5-13,24H,1-4H3/t13-,24?/m0/s1. The highest BCUT2D eigenvalue weighted by atomic mass is 14.4. The zero-order valence-corrected chi connectivity index (χ0v) is 14.8. The Labute approximate surface area is 144 Å². The van der Waals surface area contributed by atoms with Gasteiger partial charge in [-0.2, -0.15) is 0 Å². The lowest BCUT2D eigenvalue weighted by atomic mass is 9.63. The van der Waals surface area contributed by atoms with Gasteiger partial charge < -0.3 is 0 Å². The van der Waals surface area contributed by atoms with E-state index in [4.69, 9.17) is 0 Å². The van der Waals surface area contributed by atoms with Crippen LogP contribution in [0, 0.1) is 12.8 Å². The van der Waals surface area contributed by atoms with Gasteiger partial charge in [0.25, 0.3) is 0 Å². The van der Waals surface area contributed by atoms with Gasteiger partial charge in [-0.1, -0.05) is 55.5 Å². The van der Waals surface area contributed by atoms with E-state index in [0.29, 0.717) is 11.8 Å². The summed E-state index contributed by atoms with van der Waals surface area (Å²) in [6.45, 7) is 9.08. The third-order valence-electron chi connectivity index (χ3n) is 6.15.